The predicted molar refractivity (Wildman–Crippen MR) is 153 cm³/mol. The van der Waals surface area contributed by atoms with Crippen molar-refractivity contribution in [3.8, 4) is 0 Å². The predicted octanol–water partition coefficient (Wildman–Crippen LogP) is 6.13. The maximum atomic E-state index is 14.1. The lowest BCUT2D eigenvalue weighted by Crippen LogP contribution is -2.42. The molecule has 0 aliphatic heterocycles. The largest absolute Gasteiger partial charge is 0.330 e. The van der Waals surface area contributed by atoms with E-state index in [1.54, 1.807) is 6.08 Å². The lowest BCUT2D eigenvalue weighted by Gasteiger charge is -2.31. The van der Waals surface area contributed by atoms with Gasteiger partial charge < -0.3 is 5.32 Å². The van der Waals surface area contributed by atoms with Crippen LogP contribution in [0, 0.1) is 0 Å². The van der Waals surface area contributed by atoms with Crippen LogP contribution in [-0.2, 0) is 35.5 Å². The third-order valence-corrected chi connectivity index (χ3v) is 6.39. The Morgan fingerprint density at radius 3 is 1.53 bits per heavy atom. The minimum atomic E-state index is -0.419. The van der Waals surface area contributed by atoms with Gasteiger partial charge in [0.05, 0.1) is 6.04 Å². The molecule has 4 nitrogen and oxygen atoms in total. The first-order valence-electron chi connectivity index (χ1n) is 13.0. The Labute approximate surface area is 225 Å². The number of carbonyl (C=O) groups excluding carboxylic acids is 2. The SMILES string of the molecule is CC(=O)NC(=CC(=O)[C@H](Cc1ccccc1)N(Cc1ccccc1)Cc1ccccc1)Cc1ccccc1. The molecule has 0 spiro atoms. The van der Waals surface area contributed by atoms with Gasteiger partial charge in [-0.1, -0.05) is 121 Å². The van der Waals surface area contributed by atoms with Crippen LogP contribution >= 0.6 is 0 Å². The molecule has 1 amide bonds. The number of carbonyl (C=O) groups is 2. The van der Waals surface area contributed by atoms with Crippen LogP contribution in [0.3, 0.4) is 0 Å². The van der Waals surface area contributed by atoms with Gasteiger partial charge in [0.15, 0.2) is 5.78 Å². The summed E-state index contributed by atoms with van der Waals surface area (Å²) >= 11 is 0. The average Bonchev–Trinajstić information content (AvgIpc) is 2.93. The molecule has 0 saturated carbocycles. The Morgan fingerprint density at radius 2 is 1.08 bits per heavy atom. The van der Waals surface area contributed by atoms with Crippen molar-refractivity contribution in [1.82, 2.24) is 10.2 Å². The van der Waals surface area contributed by atoms with Gasteiger partial charge in [0.25, 0.3) is 0 Å². The summed E-state index contributed by atoms with van der Waals surface area (Å²) in [5, 5.41) is 2.90. The fourth-order valence-corrected chi connectivity index (χ4v) is 4.60. The molecule has 0 bridgehead atoms. The Balaban J connectivity index is 1.70. The molecule has 0 aromatic heterocycles. The standard InChI is InChI=1S/C34H34N2O2/c1-27(37)35-32(22-28-14-6-2-7-15-28)24-34(38)33(23-29-16-8-3-9-17-29)36(25-30-18-10-4-11-19-30)26-31-20-12-5-13-21-31/h2-21,24,33H,22-23,25-26H2,1H3,(H,35,37)/t33-/m0/s1. The third-order valence-electron chi connectivity index (χ3n) is 6.39. The summed E-state index contributed by atoms with van der Waals surface area (Å²) in [4.78, 5) is 28.4. The van der Waals surface area contributed by atoms with Crippen molar-refractivity contribution in [2.24, 2.45) is 0 Å². The minimum Gasteiger partial charge on any atom is -0.330 e. The molecule has 4 aromatic carbocycles. The van der Waals surface area contributed by atoms with E-state index in [4.69, 9.17) is 0 Å². The maximum Gasteiger partial charge on any atom is 0.221 e. The summed E-state index contributed by atoms with van der Waals surface area (Å²) in [5.41, 5.74) is 5.01. The second-order valence-electron chi connectivity index (χ2n) is 9.50. The molecule has 0 aliphatic carbocycles. The number of amides is 1. The summed E-state index contributed by atoms with van der Waals surface area (Å²) in [7, 11) is 0. The van der Waals surface area contributed by atoms with E-state index in [0.717, 1.165) is 22.3 Å². The molecule has 4 rings (SSSR count). The molecule has 1 N–H and O–H groups in total. The molecule has 192 valence electrons. The molecule has 0 unspecified atom stereocenters. The molecule has 0 aliphatic rings. The van der Waals surface area contributed by atoms with Crippen molar-refractivity contribution >= 4 is 11.7 Å². The number of ketones is 1. The van der Waals surface area contributed by atoms with E-state index in [2.05, 4.69) is 46.6 Å². The van der Waals surface area contributed by atoms with Crippen LogP contribution in [0.2, 0.25) is 0 Å². The minimum absolute atomic E-state index is 0.0274. The highest BCUT2D eigenvalue weighted by Crippen LogP contribution is 2.19. The van der Waals surface area contributed by atoms with Gasteiger partial charge in [-0.05, 0) is 28.7 Å². The zero-order chi connectivity index (χ0) is 26.6. The molecular weight excluding hydrogens is 468 g/mol. The van der Waals surface area contributed by atoms with Gasteiger partial charge >= 0.3 is 0 Å². The molecule has 0 heterocycles. The topological polar surface area (TPSA) is 49.4 Å². The molecule has 0 saturated heterocycles. The van der Waals surface area contributed by atoms with E-state index in [9.17, 15) is 9.59 Å². The summed E-state index contributed by atoms with van der Waals surface area (Å²) < 4.78 is 0. The molecule has 38 heavy (non-hydrogen) atoms. The zero-order valence-corrected chi connectivity index (χ0v) is 21.8. The molecule has 1 atom stereocenters. The van der Waals surface area contributed by atoms with Crippen LogP contribution in [-0.4, -0.2) is 22.6 Å². The van der Waals surface area contributed by atoms with E-state index < -0.39 is 6.04 Å². The van der Waals surface area contributed by atoms with E-state index in [0.29, 0.717) is 31.6 Å². The first kappa shape index (κ1) is 26.8. The van der Waals surface area contributed by atoms with Gasteiger partial charge in [0.1, 0.15) is 0 Å². The van der Waals surface area contributed by atoms with Crippen LogP contribution in [0.15, 0.2) is 133 Å². The summed E-state index contributed by atoms with van der Waals surface area (Å²) in [6.45, 7) is 2.73. The molecular formula is C34H34N2O2. The highest BCUT2D eigenvalue weighted by Gasteiger charge is 2.26. The highest BCUT2D eigenvalue weighted by atomic mass is 16.1. The van der Waals surface area contributed by atoms with E-state index >= 15 is 0 Å². The molecule has 4 heteroatoms. The Morgan fingerprint density at radius 1 is 0.658 bits per heavy atom. The van der Waals surface area contributed by atoms with Crippen molar-refractivity contribution < 1.29 is 9.59 Å². The van der Waals surface area contributed by atoms with Gasteiger partial charge in [-0.2, -0.15) is 0 Å². The van der Waals surface area contributed by atoms with Crippen LogP contribution < -0.4 is 5.32 Å². The Bertz CT molecular complexity index is 1280. The Kier molecular flexibility index (Phi) is 9.77. The monoisotopic (exact) mass is 502 g/mol. The molecule has 4 aromatic rings. The normalized spacial score (nSPS) is 12.2. The van der Waals surface area contributed by atoms with E-state index in [-0.39, 0.29) is 11.7 Å². The van der Waals surface area contributed by atoms with Gasteiger partial charge in [0, 0.05) is 38.2 Å². The summed E-state index contributed by atoms with van der Waals surface area (Å²) in [6.07, 6.45) is 2.67. The molecule has 0 radical (unpaired) electrons. The van der Waals surface area contributed by atoms with Crippen LogP contribution in [0.5, 0.6) is 0 Å². The van der Waals surface area contributed by atoms with Crippen LogP contribution in [0.4, 0.5) is 0 Å². The van der Waals surface area contributed by atoms with Gasteiger partial charge in [0.2, 0.25) is 5.91 Å². The van der Waals surface area contributed by atoms with Gasteiger partial charge in [-0.3, -0.25) is 14.5 Å². The number of benzene rings is 4. The van der Waals surface area contributed by atoms with Gasteiger partial charge in [-0.25, -0.2) is 0 Å². The van der Waals surface area contributed by atoms with Crippen molar-refractivity contribution in [2.75, 3.05) is 0 Å². The second kappa shape index (κ2) is 13.9. The zero-order valence-electron chi connectivity index (χ0n) is 21.8. The quantitative estimate of drug-likeness (QED) is 0.237. The lowest BCUT2D eigenvalue weighted by molar-refractivity contribution is -0.120. The van der Waals surface area contributed by atoms with Crippen molar-refractivity contribution in [2.45, 2.75) is 38.9 Å². The van der Waals surface area contributed by atoms with Crippen LogP contribution in [0.25, 0.3) is 0 Å². The van der Waals surface area contributed by atoms with Crippen LogP contribution in [0.1, 0.15) is 29.2 Å². The maximum absolute atomic E-state index is 14.1. The number of nitrogens with zero attached hydrogens (tertiary/aromatic N) is 1. The average molecular weight is 503 g/mol. The van der Waals surface area contributed by atoms with Crippen molar-refractivity contribution in [3.05, 3.63) is 155 Å². The van der Waals surface area contributed by atoms with Gasteiger partial charge in [-0.15, -0.1) is 0 Å². The number of hydrogen-bond donors (Lipinski definition) is 1. The first-order chi connectivity index (χ1) is 18.6. The fraction of sp³-hybridized carbons (Fsp3) is 0.176. The first-order valence-corrected chi connectivity index (χ1v) is 13.0. The third kappa shape index (κ3) is 8.39. The summed E-state index contributed by atoms with van der Waals surface area (Å²) in [5.74, 6) is -0.217. The second-order valence-corrected chi connectivity index (χ2v) is 9.50. The van der Waals surface area contributed by atoms with E-state index in [1.807, 2.05) is 84.9 Å². The van der Waals surface area contributed by atoms with Crippen molar-refractivity contribution in [1.29, 1.82) is 0 Å². The lowest BCUT2D eigenvalue weighted by atomic mass is 9.97. The Hall–Kier alpha value is -4.28. The molecule has 0 fully saturated rings. The smallest absolute Gasteiger partial charge is 0.221 e. The number of hydrogen-bond acceptors (Lipinski definition) is 3. The number of rotatable bonds is 12. The number of nitrogens with one attached hydrogen (secondary N) is 1. The highest BCUT2D eigenvalue weighted by molar-refractivity contribution is 5.95. The summed E-state index contributed by atoms with van der Waals surface area (Å²) in [6, 6.07) is 40.1. The van der Waals surface area contributed by atoms with Crippen molar-refractivity contribution in [3.63, 3.8) is 0 Å². The fourth-order valence-electron chi connectivity index (χ4n) is 4.60. The van der Waals surface area contributed by atoms with E-state index in [1.165, 1.54) is 6.92 Å². The number of allylic oxidation sites excluding steroid dienone is 1.